The number of fused-ring (bicyclic) bond motifs is 1. The molecule has 1 aromatic carbocycles. The highest BCUT2D eigenvalue weighted by Crippen LogP contribution is 2.21. The van der Waals surface area contributed by atoms with E-state index in [1.807, 2.05) is 24.3 Å². The van der Waals surface area contributed by atoms with Gasteiger partial charge in [0.1, 0.15) is 5.82 Å². The van der Waals surface area contributed by atoms with E-state index in [2.05, 4.69) is 10.3 Å². The number of nitrogens with one attached hydrogen (secondary N) is 1. The van der Waals surface area contributed by atoms with E-state index >= 15 is 0 Å². The summed E-state index contributed by atoms with van der Waals surface area (Å²) in [6, 6.07) is 7.74. The van der Waals surface area contributed by atoms with Crippen molar-refractivity contribution in [2.24, 2.45) is 7.05 Å². The van der Waals surface area contributed by atoms with Gasteiger partial charge in [0, 0.05) is 7.05 Å². The molecule has 0 saturated carbocycles. The highest BCUT2D eigenvalue weighted by molar-refractivity contribution is 5.77. The third-order valence-electron chi connectivity index (χ3n) is 3.39. The molecule has 88 valence electrons. The summed E-state index contributed by atoms with van der Waals surface area (Å²) in [4.78, 5) is 16.8. The first-order valence-corrected chi connectivity index (χ1v) is 5.96. The maximum absolute atomic E-state index is 12.2. The number of para-hydroxylation sites is 1. The first kappa shape index (κ1) is 10.5. The van der Waals surface area contributed by atoms with Crippen LogP contribution in [0, 0.1) is 0 Å². The summed E-state index contributed by atoms with van der Waals surface area (Å²) in [5.41, 5.74) is 0.832. The number of rotatable bonds is 1. The minimum atomic E-state index is 0.0410. The van der Waals surface area contributed by atoms with Crippen LogP contribution in [0.2, 0.25) is 0 Å². The molecule has 4 heteroatoms. The van der Waals surface area contributed by atoms with Gasteiger partial charge >= 0.3 is 0 Å². The van der Waals surface area contributed by atoms with Crippen molar-refractivity contribution in [3.05, 3.63) is 40.4 Å². The van der Waals surface area contributed by atoms with Gasteiger partial charge in [-0.25, -0.2) is 4.98 Å². The SMILES string of the molecule is Cn1c(C2CCCN2)nc2ccccc2c1=O. The summed E-state index contributed by atoms with van der Waals surface area (Å²) < 4.78 is 1.67. The van der Waals surface area contributed by atoms with Crippen molar-refractivity contribution in [3.8, 4) is 0 Å². The Morgan fingerprint density at radius 3 is 3.00 bits per heavy atom. The van der Waals surface area contributed by atoms with Crippen LogP contribution in [0.15, 0.2) is 29.1 Å². The Balaban J connectivity index is 2.25. The lowest BCUT2D eigenvalue weighted by molar-refractivity contribution is 0.564. The lowest BCUT2D eigenvalue weighted by Gasteiger charge is -2.14. The van der Waals surface area contributed by atoms with Gasteiger partial charge in [-0.3, -0.25) is 9.36 Å². The minimum Gasteiger partial charge on any atom is -0.307 e. The minimum absolute atomic E-state index is 0.0410. The van der Waals surface area contributed by atoms with Gasteiger partial charge in [0.25, 0.3) is 5.56 Å². The smallest absolute Gasteiger partial charge is 0.261 e. The third-order valence-corrected chi connectivity index (χ3v) is 3.39. The summed E-state index contributed by atoms with van der Waals surface area (Å²) in [6.45, 7) is 1.01. The zero-order valence-corrected chi connectivity index (χ0v) is 9.81. The second kappa shape index (κ2) is 3.96. The van der Waals surface area contributed by atoms with Crippen LogP contribution in [-0.4, -0.2) is 16.1 Å². The van der Waals surface area contributed by atoms with Crippen LogP contribution in [-0.2, 0) is 7.05 Å². The Bertz CT molecular complexity index is 612. The number of nitrogens with zero attached hydrogens (tertiary/aromatic N) is 2. The third kappa shape index (κ3) is 1.65. The van der Waals surface area contributed by atoms with Crippen molar-refractivity contribution in [2.45, 2.75) is 18.9 Å². The first-order valence-electron chi connectivity index (χ1n) is 5.96. The van der Waals surface area contributed by atoms with Crippen LogP contribution < -0.4 is 10.9 Å². The standard InChI is InChI=1S/C13H15N3O/c1-16-12(11-7-4-8-14-11)15-10-6-3-2-5-9(10)13(16)17/h2-3,5-6,11,14H,4,7-8H2,1H3. The van der Waals surface area contributed by atoms with Gasteiger partial charge in [-0.2, -0.15) is 0 Å². The monoisotopic (exact) mass is 229 g/mol. The van der Waals surface area contributed by atoms with E-state index in [-0.39, 0.29) is 11.6 Å². The van der Waals surface area contributed by atoms with Crippen molar-refractivity contribution in [1.82, 2.24) is 14.9 Å². The average molecular weight is 229 g/mol. The fourth-order valence-electron chi connectivity index (χ4n) is 2.45. The number of benzene rings is 1. The van der Waals surface area contributed by atoms with Crippen molar-refractivity contribution in [1.29, 1.82) is 0 Å². The Morgan fingerprint density at radius 1 is 1.41 bits per heavy atom. The quantitative estimate of drug-likeness (QED) is 0.803. The molecule has 0 amide bonds. The molecule has 3 rings (SSSR count). The molecule has 1 aliphatic heterocycles. The summed E-state index contributed by atoms with van der Waals surface area (Å²) in [5.74, 6) is 0.853. The van der Waals surface area contributed by atoms with Gasteiger partial charge < -0.3 is 5.32 Å². The van der Waals surface area contributed by atoms with Crippen LogP contribution in [0.3, 0.4) is 0 Å². The molecule has 2 heterocycles. The molecule has 1 fully saturated rings. The molecule has 4 nitrogen and oxygen atoms in total. The van der Waals surface area contributed by atoms with Crippen molar-refractivity contribution >= 4 is 10.9 Å². The fourth-order valence-corrected chi connectivity index (χ4v) is 2.45. The Labute approximate surface area is 99.3 Å². The molecule has 1 aliphatic rings. The molecule has 1 N–H and O–H groups in total. The lowest BCUT2D eigenvalue weighted by Crippen LogP contribution is -2.27. The molecular weight excluding hydrogens is 214 g/mol. The average Bonchev–Trinajstić information content (AvgIpc) is 2.87. The van der Waals surface area contributed by atoms with Crippen LogP contribution in [0.4, 0.5) is 0 Å². The largest absolute Gasteiger partial charge is 0.307 e. The van der Waals surface area contributed by atoms with E-state index in [0.29, 0.717) is 5.39 Å². The summed E-state index contributed by atoms with van der Waals surface area (Å²) in [5, 5.41) is 4.07. The first-order chi connectivity index (χ1) is 8.27. The number of hydrogen-bond acceptors (Lipinski definition) is 3. The number of aromatic nitrogens is 2. The van der Waals surface area contributed by atoms with Crippen molar-refractivity contribution in [2.75, 3.05) is 6.54 Å². The van der Waals surface area contributed by atoms with Gasteiger partial charge in [0.15, 0.2) is 0 Å². The van der Waals surface area contributed by atoms with Gasteiger partial charge in [0.05, 0.1) is 16.9 Å². The maximum Gasteiger partial charge on any atom is 0.261 e. The van der Waals surface area contributed by atoms with E-state index in [0.717, 1.165) is 30.7 Å². The summed E-state index contributed by atoms with van der Waals surface area (Å²) in [6.07, 6.45) is 2.20. The van der Waals surface area contributed by atoms with E-state index in [1.165, 1.54) is 0 Å². The molecule has 0 radical (unpaired) electrons. The highest BCUT2D eigenvalue weighted by atomic mass is 16.1. The fraction of sp³-hybridized carbons (Fsp3) is 0.385. The zero-order chi connectivity index (χ0) is 11.8. The Kier molecular flexibility index (Phi) is 2.44. The summed E-state index contributed by atoms with van der Waals surface area (Å²) >= 11 is 0. The molecule has 0 bridgehead atoms. The highest BCUT2D eigenvalue weighted by Gasteiger charge is 2.21. The van der Waals surface area contributed by atoms with Gasteiger partial charge in [-0.1, -0.05) is 12.1 Å². The maximum atomic E-state index is 12.2. The molecule has 1 saturated heterocycles. The molecule has 1 unspecified atom stereocenters. The second-order valence-electron chi connectivity index (χ2n) is 4.50. The van der Waals surface area contributed by atoms with E-state index in [1.54, 1.807) is 11.6 Å². The zero-order valence-electron chi connectivity index (χ0n) is 9.81. The van der Waals surface area contributed by atoms with E-state index in [9.17, 15) is 4.79 Å². The molecule has 1 aromatic heterocycles. The molecule has 0 spiro atoms. The Morgan fingerprint density at radius 2 is 2.24 bits per heavy atom. The predicted octanol–water partition coefficient (Wildman–Crippen LogP) is 1.36. The lowest BCUT2D eigenvalue weighted by atomic mass is 10.2. The van der Waals surface area contributed by atoms with Crippen molar-refractivity contribution < 1.29 is 0 Å². The van der Waals surface area contributed by atoms with E-state index < -0.39 is 0 Å². The molecule has 1 atom stereocenters. The second-order valence-corrected chi connectivity index (χ2v) is 4.50. The van der Waals surface area contributed by atoms with Crippen LogP contribution >= 0.6 is 0 Å². The topological polar surface area (TPSA) is 46.9 Å². The Hall–Kier alpha value is -1.68. The molecule has 17 heavy (non-hydrogen) atoms. The molecule has 0 aliphatic carbocycles. The van der Waals surface area contributed by atoms with Crippen LogP contribution in [0.1, 0.15) is 24.7 Å². The van der Waals surface area contributed by atoms with Gasteiger partial charge in [0.2, 0.25) is 0 Å². The van der Waals surface area contributed by atoms with Gasteiger partial charge in [-0.05, 0) is 31.5 Å². The number of hydrogen-bond donors (Lipinski definition) is 1. The van der Waals surface area contributed by atoms with Crippen LogP contribution in [0.25, 0.3) is 10.9 Å². The predicted molar refractivity (Wildman–Crippen MR) is 67.0 cm³/mol. The summed E-state index contributed by atoms with van der Waals surface area (Å²) in [7, 11) is 1.80. The van der Waals surface area contributed by atoms with E-state index in [4.69, 9.17) is 0 Å². The van der Waals surface area contributed by atoms with Gasteiger partial charge in [-0.15, -0.1) is 0 Å². The molecular formula is C13H15N3O. The molecule has 2 aromatic rings. The normalized spacial score (nSPS) is 19.9. The van der Waals surface area contributed by atoms with Crippen molar-refractivity contribution in [3.63, 3.8) is 0 Å². The van der Waals surface area contributed by atoms with Crippen LogP contribution in [0.5, 0.6) is 0 Å².